The van der Waals surface area contributed by atoms with Gasteiger partial charge < -0.3 is 15.1 Å². The molecule has 1 heterocycles. The van der Waals surface area contributed by atoms with Crippen molar-refractivity contribution in [3.05, 3.63) is 132 Å². The average molecular weight is 595 g/mol. The number of nitrogens with one attached hydrogen (secondary N) is 2. The smallest absolute Gasteiger partial charge is 0.283 e. The molecule has 1 unspecified atom stereocenters. The number of para-hydroxylation sites is 1. The number of anilines is 1. The minimum absolute atomic E-state index is 0.200. The van der Waals surface area contributed by atoms with Gasteiger partial charge in [0.25, 0.3) is 16.0 Å². The Balaban J connectivity index is 1.34. The SMILES string of the molecule is C=C(C)c1ccc(C(Cc2ccc(C(=O)NCS(=O)(=O)O)cc2)C(=O)Nc2ccc(-c3cc4ccccc4o3)cc2)cc1. The Labute approximate surface area is 249 Å². The first-order valence-electron chi connectivity index (χ1n) is 13.5. The molecule has 5 rings (SSSR count). The van der Waals surface area contributed by atoms with Crippen LogP contribution >= 0.6 is 0 Å². The second-order valence-corrected chi connectivity index (χ2v) is 11.8. The number of fused-ring (bicyclic) bond motifs is 1. The summed E-state index contributed by atoms with van der Waals surface area (Å²) in [5.41, 5.74) is 6.07. The van der Waals surface area contributed by atoms with Gasteiger partial charge in [-0.1, -0.05) is 66.7 Å². The summed E-state index contributed by atoms with van der Waals surface area (Å²) in [5.74, 6) is -1.53. The maximum Gasteiger partial charge on any atom is 0.283 e. The molecule has 0 bridgehead atoms. The van der Waals surface area contributed by atoms with Crippen molar-refractivity contribution in [1.29, 1.82) is 0 Å². The van der Waals surface area contributed by atoms with Crippen LogP contribution in [-0.2, 0) is 21.3 Å². The molecule has 1 aromatic heterocycles. The Morgan fingerprint density at radius 1 is 0.884 bits per heavy atom. The molecule has 0 radical (unpaired) electrons. The van der Waals surface area contributed by atoms with Crippen LogP contribution in [0.2, 0.25) is 0 Å². The Hall–Kier alpha value is -4.99. The van der Waals surface area contributed by atoms with E-state index in [-0.39, 0.29) is 11.5 Å². The van der Waals surface area contributed by atoms with Crippen LogP contribution in [0.5, 0.6) is 0 Å². The number of amides is 2. The lowest BCUT2D eigenvalue weighted by Gasteiger charge is -2.18. The molecule has 2 amide bonds. The van der Waals surface area contributed by atoms with E-state index in [0.717, 1.165) is 44.6 Å². The van der Waals surface area contributed by atoms with Crippen LogP contribution in [0.15, 0.2) is 114 Å². The number of hydrogen-bond acceptors (Lipinski definition) is 5. The summed E-state index contributed by atoms with van der Waals surface area (Å²) in [6.07, 6.45) is 0.349. The van der Waals surface area contributed by atoms with Gasteiger partial charge in [0, 0.05) is 22.2 Å². The number of benzene rings is 4. The minimum atomic E-state index is -4.33. The highest BCUT2D eigenvalue weighted by Gasteiger charge is 2.22. The van der Waals surface area contributed by atoms with Gasteiger partial charge in [-0.15, -0.1) is 0 Å². The van der Waals surface area contributed by atoms with Crippen molar-refractivity contribution < 1.29 is 27.0 Å². The monoisotopic (exact) mass is 594 g/mol. The molecule has 5 aromatic rings. The fourth-order valence-corrected chi connectivity index (χ4v) is 5.03. The molecule has 0 saturated carbocycles. The van der Waals surface area contributed by atoms with E-state index in [9.17, 15) is 18.0 Å². The topological polar surface area (TPSA) is 126 Å². The van der Waals surface area contributed by atoms with E-state index in [1.165, 1.54) is 0 Å². The van der Waals surface area contributed by atoms with Crippen molar-refractivity contribution >= 4 is 44.2 Å². The van der Waals surface area contributed by atoms with E-state index in [1.54, 1.807) is 24.3 Å². The molecule has 0 aliphatic heterocycles. The highest BCUT2D eigenvalue weighted by molar-refractivity contribution is 7.85. The number of hydrogen-bond donors (Lipinski definition) is 3. The van der Waals surface area contributed by atoms with Crippen molar-refractivity contribution in [2.45, 2.75) is 19.3 Å². The van der Waals surface area contributed by atoms with Gasteiger partial charge in [0.15, 0.2) is 0 Å². The van der Waals surface area contributed by atoms with E-state index in [0.29, 0.717) is 12.1 Å². The molecule has 3 N–H and O–H groups in total. The third-order valence-electron chi connectivity index (χ3n) is 7.06. The molecule has 43 heavy (non-hydrogen) atoms. The van der Waals surface area contributed by atoms with E-state index in [2.05, 4.69) is 17.2 Å². The molecule has 4 aromatic carbocycles. The Morgan fingerprint density at radius 3 is 2.16 bits per heavy atom. The maximum absolute atomic E-state index is 13.7. The summed E-state index contributed by atoms with van der Waals surface area (Å²) in [4.78, 5) is 25.9. The van der Waals surface area contributed by atoms with Crippen molar-refractivity contribution in [2.75, 3.05) is 11.2 Å². The molecule has 9 heteroatoms. The molecule has 0 aliphatic carbocycles. The lowest BCUT2D eigenvalue weighted by Crippen LogP contribution is -2.29. The highest BCUT2D eigenvalue weighted by atomic mass is 32.2. The predicted octanol–water partition coefficient (Wildman–Crippen LogP) is 6.67. The zero-order valence-electron chi connectivity index (χ0n) is 23.4. The summed E-state index contributed by atoms with van der Waals surface area (Å²) in [6.45, 7) is 5.90. The molecule has 1 atom stereocenters. The third kappa shape index (κ3) is 7.45. The Kier molecular flexibility index (Phi) is 8.56. The van der Waals surface area contributed by atoms with E-state index in [1.807, 2.05) is 85.8 Å². The van der Waals surface area contributed by atoms with Crippen LogP contribution < -0.4 is 10.6 Å². The first-order chi connectivity index (χ1) is 20.6. The molecule has 0 spiro atoms. The van der Waals surface area contributed by atoms with E-state index < -0.39 is 27.8 Å². The molecule has 8 nitrogen and oxygen atoms in total. The number of rotatable bonds is 10. The van der Waals surface area contributed by atoms with Crippen molar-refractivity contribution in [2.24, 2.45) is 0 Å². The van der Waals surface area contributed by atoms with Gasteiger partial charge in [-0.25, -0.2) is 0 Å². The second-order valence-electron chi connectivity index (χ2n) is 10.3. The summed E-state index contributed by atoms with van der Waals surface area (Å²) in [7, 11) is -4.33. The molecular weight excluding hydrogens is 564 g/mol. The fourth-order valence-electron chi connectivity index (χ4n) is 4.72. The van der Waals surface area contributed by atoms with Gasteiger partial charge in [0.05, 0.1) is 5.92 Å². The summed E-state index contributed by atoms with van der Waals surface area (Å²) >= 11 is 0. The number of carbonyl (C=O) groups is 2. The van der Waals surface area contributed by atoms with Crippen LogP contribution in [0, 0.1) is 0 Å². The molecule has 0 aliphatic rings. The van der Waals surface area contributed by atoms with Gasteiger partial charge in [-0.3, -0.25) is 14.1 Å². The normalized spacial score (nSPS) is 12.0. The van der Waals surface area contributed by atoms with Gasteiger partial charge in [-0.05, 0) is 78.6 Å². The summed E-state index contributed by atoms with van der Waals surface area (Å²) in [5, 5.41) is 6.20. The van der Waals surface area contributed by atoms with Gasteiger partial charge >= 0.3 is 0 Å². The average Bonchev–Trinajstić information content (AvgIpc) is 3.43. The quantitative estimate of drug-likeness (QED) is 0.155. The van der Waals surface area contributed by atoms with Crippen LogP contribution in [0.3, 0.4) is 0 Å². The van der Waals surface area contributed by atoms with Crippen molar-refractivity contribution in [1.82, 2.24) is 5.32 Å². The van der Waals surface area contributed by atoms with Crippen molar-refractivity contribution in [3.8, 4) is 11.3 Å². The van der Waals surface area contributed by atoms with Crippen LogP contribution in [0.1, 0.15) is 39.9 Å². The first kappa shape index (κ1) is 29.5. The van der Waals surface area contributed by atoms with E-state index in [4.69, 9.17) is 8.97 Å². The van der Waals surface area contributed by atoms with Gasteiger partial charge in [0.1, 0.15) is 17.2 Å². The molecule has 0 fully saturated rings. The molecule has 0 saturated heterocycles. The van der Waals surface area contributed by atoms with Gasteiger partial charge in [0.2, 0.25) is 5.91 Å². The first-order valence-corrected chi connectivity index (χ1v) is 15.1. The molecular formula is C34H30N2O6S. The predicted molar refractivity (Wildman–Crippen MR) is 168 cm³/mol. The highest BCUT2D eigenvalue weighted by Crippen LogP contribution is 2.30. The Bertz CT molecular complexity index is 1860. The van der Waals surface area contributed by atoms with Crippen LogP contribution in [-0.4, -0.2) is 30.7 Å². The Morgan fingerprint density at radius 2 is 1.53 bits per heavy atom. The van der Waals surface area contributed by atoms with Crippen LogP contribution in [0.4, 0.5) is 5.69 Å². The number of furan rings is 1. The lowest BCUT2D eigenvalue weighted by atomic mass is 9.89. The third-order valence-corrected chi connectivity index (χ3v) is 7.57. The molecule has 218 valence electrons. The lowest BCUT2D eigenvalue weighted by molar-refractivity contribution is -0.117. The van der Waals surface area contributed by atoms with Crippen molar-refractivity contribution in [3.63, 3.8) is 0 Å². The largest absolute Gasteiger partial charge is 0.456 e. The zero-order valence-corrected chi connectivity index (χ0v) is 24.2. The summed E-state index contributed by atoms with van der Waals surface area (Å²) in [6, 6.07) is 31.5. The van der Waals surface area contributed by atoms with Crippen LogP contribution in [0.25, 0.3) is 27.9 Å². The summed E-state index contributed by atoms with van der Waals surface area (Å²) < 4.78 is 36.7. The zero-order chi connectivity index (χ0) is 30.6. The maximum atomic E-state index is 13.7. The minimum Gasteiger partial charge on any atom is -0.456 e. The van der Waals surface area contributed by atoms with Gasteiger partial charge in [-0.2, -0.15) is 8.42 Å². The second kappa shape index (κ2) is 12.5. The fraction of sp³-hybridized carbons (Fsp3) is 0.118. The standard InChI is InChI=1S/C34H30N2O6S/c1-22(2)24-11-13-25(14-12-24)30(19-23-7-9-27(10-8-23)33(37)35-21-43(39,40)41)34(38)36-29-17-15-26(16-18-29)32-20-28-5-3-4-6-31(28)42-32/h3-18,20,30H,1,19,21H2,2H3,(H,35,37)(H,36,38)(H,39,40,41). The number of carbonyl (C=O) groups excluding carboxylic acids is 2. The number of allylic oxidation sites excluding steroid dienone is 1. The van der Waals surface area contributed by atoms with E-state index >= 15 is 0 Å².